The summed E-state index contributed by atoms with van der Waals surface area (Å²) in [5.41, 5.74) is 4.07. The molecule has 0 unspecified atom stereocenters. The van der Waals surface area contributed by atoms with E-state index in [0.717, 1.165) is 47.5 Å². The number of hydrogen-bond acceptors (Lipinski definition) is 6. The first kappa shape index (κ1) is 24.0. The molecule has 0 aliphatic carbocycles. The summed E-state index contributed by atoms with van der Waals surface area (Å²) in [7, 11) is 1.64. The second kappa shape index (κ2) is 10.8. The van der Waals surface area contributed by atoms with Gasteiger partial charge >= 0.3 is 5.97 Å². The van der Waals surface area contributed by atoms with Gasteiger partial charge in [0.05, 0.1) is 37.9 Å². The van der Waals surface area contributed by atoms with Crippen molar-refractivity contribution < 1.29 is 19.1 Å². The van der Waals surface area contributed by atoms with Gasteiger partial charge in [-0.25, -0.2) is 5.01 Å². The Bertz CT molecular complexity index is 1070. The van der Waals surface area contributed by atoms with Gasteiger partial charge in [0.2, 0.25) is 0 Å². The van der Waals surface area contributed by atoms with Crippen LogP contribution in [0, 0.1) is 12.8 Å². The van der Waals surface area contributed by atoms with Gasteiger partial charge in [0.15, 0.2) is 0 Å². The first-order valence-corrected chi connectivity index (χ1v) is 12.0. The lowest BCUT2D eigenvalue weighted by Gasteiger charge is -2.32. The molecule has 7 heteroatoms. The monoisotopic (exact) mass is 463 g/mol. The van der Waals surface area contributed by atoms with Gasteiger partial charge in [0.1, 0.15) is 5.75 Å². The lowest BCUT2D eigenvalue weighted by Crippen LogP contribution is -2.44. The van der Waals surface area contributed by atoms with Crippen molar-refractivity contribution >= 4 is 17.6 Å². The molecule has 0 spiro atoms. The van der Waals surface area contributed by atoms with Gasteiger partial charge in [-0.3, -0.25) is 14.5 Å². The Morgan fingerprint density at radius 1 is 1.15 bits per heavy atom. The zero-order valence-electron chi connectivity index (χ0n) is 20.2. The average Bonchev–Trinajstić information content (AvgIpc) is 3.30. The van der Waals surface area contributed by atoms with Gasteiger partial charge in [-0.2, -0.15) is 5.10 Å². The van der Waals surface area contributed by atoms with Gasteiger partial charge in [0.25, 0.3) is 5.91 Å². The molecule has 1 amide bonds. The number of rotatable bonds is 7. The number of benzene rings is 2. The van der Waals surface area contributed by atoms with Crippen molar-refractivity contribution in [2.75, 3.05) is 33.4 Å². The highest BCUT2D eigenvalue weighted by Crippen LogP contribution is 2.34. The normalized spacial score (nSPS) is 20.7. The molecule has 2 aliphatic heterocycles. The highest BCUT2D eigenvalue weighted by molar-refractivity contribution is 6.03. The first-order valence-electron chi connectivity index (χ1n) is 12.0. The van der Waals surface area contributed by atoms with E-state index in [1.807, 2.05) is 43.3 Å². The molecule has 2 heterocycles. The second-order valence-electron chi connectivity index (χ2n) is 8.98. The summed E-state index contributed by atoms with van der Waals surface area (Å²) >= 11 is 0. The van der Waals surface area contributed by atoms with Crippen molar-refractivity contribution in [1.29, 1.82) is 0 Å². The Morgan fingerprint density at radius 3 is 2.74 bits per heavy atom. The van der Waals surface area contributed by atoms with Crippen molar-refractivity contribution in [3.8, 4) is 5.75 Å². The third kappa shape index (κ3) is 5.47. The van der Waals surface area contributed by atoms with Crippen LogP contribution in [0.25, 0.3) is 0 Å². The highest BCUT2D eigenvalue weighted by Gasteiger charge is 2.35. The van der Waals surface area contributed by atoms with Crippen LogP contribution in [-0.2, 0) is 14.3 Å². The molecule has 1 saturated heterocycles. The molecule has 2 aromatic rings. The lowest BCUT2D eigenvalue weighted by molar-refractivity contribution is -0.150. The van der Waals surface area contributed by atoms with Gasteiger partial charge in [-0.15, -0.1) is 0 Å². The standard InChI is InChI=1S/C27H33N3O4/c1-4-34-27(32)22-11-7-13-29(17-22)18-26(31)30-25(21-10-6-12-23(15-21)33-3)16-24(28-30)20-9-5-8-19(2)14-20/h5-6,8-10,12,14-15,22,25H,4,7,11,13,16-18H2,1-3H3/t22-,25-/m0/s1. The summed E-state index contributed by atoms with van der Waals surface area (Å²) < 4.78 is 10.6. The lowest BCUT2D eigenvalue weighted by atomic mass is 9.97. The number of carbonyl (C=O) groups is 2. The molecule has 4 rings (SSSR count). The average molecular weight is 464 g/mol. The maximum atomic E-state index is 13.5. The molecule has 0 saturated carbocycles. The Hall–Kier alpha value is -3.19. The molecule has 0 aromatic heterocycles. The van der Waals surface area contributed by atoms with Crippen molar-refractivity contribution in [1.82, 2.24) is 9.91 Å². The van der Waals surface area contributed by atoms with E-state index in [-0.39, 0.29) is 30.4 Å². The van der Waals surface area contributed by atoms with Crippen molar-refractivity contribution in [2.24, 2.45) is 11.0 Å². The largest absolute Gasteiger partial charge is 0.497 e. The van der Waals surface area contributed by atoms with Crippen LogP contribution in [0.1, 0.15) is 48.9 Å². The number of hydrogen-bond donors (Lipinski definition) is 0. The van der Waals surface area contributed by atoms with Crippen LogP contribution in [0.3, 0.4) is 0 Å². The van der Waals surface area contributed by atoms with Crippen LogP contribution in [0.15, 0.2) is 53.6 Å². The number of likely N-dealkylation sites (tertiary alicyclic amines) is 1. The third-order valence-electron chi connectivity index (χ3n) is 6.48. The third-order valence-corrected chi connectivity index (χ3v) is 6.48. The zero-order chi connectivity index (χ0) is 24.1. The number of methoxy groups -OCH3 is 1. The Balaban J connectivity index is 1.56. The maximum Gasteiger partial charge on any atom is 0.310 e. The minimum absolute atomic E-state index is 0.0695. The number of carbonyl (C=O) groups excluding carboxylic acids is 2. The number of hydrazone groups is 1. The van der Waals surface area contributed by atoms with Gasteiger partial charge in [0, 0.05) is 13.0 Å². The van der Waals surface area contributed by atoms with Crippen LogP contribution < -0.4 is 4.74 Å². The molecule has 34 heavy (non-hydrogen) atoms. The van der Waals surface area contributed by atoms with Gasteiger partial charge in [-0.1, -0.05) is 42.0 Å². The number of ether oxygens (including phenoxy) is 2. The molecule has 2 aliphatic rings. The minimum Gasteiger partial charge on any atom is -0.497 e. The summed E-state index contributed by atoms with van der Waals surface area (Å²) in [4.78, 5) is 27.8. The fourth-order valence-electron chi connectivity index (χ4n) is 4.76. The van der Waals surface area contributed by atoms with E-state index in [0.29, 0.717) is 19.6 Å². The smallest absolute Gasteiger partial charge is 0.310 e. The molecule has 7 nitrogen and oxygen atoms in total. The van der Waals surface area contributed by atoms with E-state index < -0.39 is 0 Å². The van der Waals surface area contributed by atoms with Crippen LogP contribution in [0.5, 0.6) is 5.75 Å². The fourth-order valence-corrected chi connectivity index (χ4v) is 4.76. The molecule has 0 bridgehead atoms. The summed E-state index contributed by atoms with van der Waals surface area (Å²) in [5.74, 6) is 0.331. The summed E-state index contributed by atoms with van der Waals surface area (Å²) in [6.45, 7) is 5.79. The summed E-state index contributed by atoms with van der Waals surface area (Å²) in [6, 6.07) is 15.8. The van der Waals surface area contributed by atoms with Crippen LogP contribution in [0.2, 0.25) is 0 Å². The van der Waals surface area contributed by atoms with E-state index in [2.05, 4.69) is 24.0 Å². The SMILES string of the molecule is CCOC(=O)[C@H]1CCCN(CC(=O)N2N=C(c3cccc(C)c3)C[C@H]2c2cccc(OC)c2)C1. The maximum absolute atomic E-state index is 13.5. The van der Waals surface area contributed by atoms with Crippen LogP contribution >= 0.6 is 0 Å². The number of piperidine rings is 1. The molecule has 1 fully saturated rings. The molecule has 0 N–H and O–H groups in total. The summed E-state index contributed by atoms with van der Waals surface area (Å²) in [6.07, 6.45) is 2.30. The first-order chi connectivity index (χ1) is 16.5. The van der Waals surface area contributed by atoms with Crippen LogP contribution in [0.4, 0.5) is 0 Å². The van der Waals surface area contributed by atoms with E-state index in [9.17, 15) is 9.59 Å². The van der Waals surface area contributed by atoms with Gasteiger partial charge in [-0.05, 0) is 56.5 Å². The molecular weight excluding hydrogens is 430 g/mol. The molecule has 180 valence electrons. The Labute approximate surface area is 201 Å². The van der Waals surface area contributed by atoms with E-state index >= 15 is 0 Å². The van der Waals surface area contributed by atoms with E-state index in [4.69, 9.17) is 14.6 Å². The second-order valence-corrected chi connectivity index (χ2v) is 8.98. The minimum atomic E-state index is -0.205. The Morgan fingerprint density at radius 2 is 1.97 bits per heavy atom. The van der Waals surface area contributed by atoms with Crippen molar-refractivity contribution in [3.63, 3.8) is 0 Å². The van der Waals surface area contributed by atoms with E-state index in [1.54, 1.807) is 12.1 Å². The molecule has 2 atom stereocenters. The van der Waals surface area contributed by atoms with Crippen LogP contribution in [-0.4, -0.2) is 60.8 Å². The quantitative estimate of drug-likeness (QED) is 0.582. The van der Waals surface area contributed by atoms with Crippen molar-refractivity contribution in [2.45, 2.75) is 39.2 Å². The predicted molar refractivity (Wildman–Crippen MR) is 131 cm³/mol. The van der Waals surface area contributed by atoms with Crippen molar-refractivity contribution in [3.05, 3.63) is 65.2 Å². The molecule has 0 radical (unpaired) electrons. The highest BCUT2D eigenvalue weighted by atomic mass is 16.5. The van der Waals surface area contributed by atoms with Gasteiger partial charge < -0.3 is 9.47 Å². The number of esters is 1. The van der Waals surface area contributed by atoms with E-state index in [1.165, 1.54) is 0 Å². The molecular formula is C27H33N3O4. The molecule has 2 aromatic carbocycles. The zero-order valence-corrected chi connectivity index (χ0v) is 20.2. The predicted octanol–water partition coefficient (Wildman–Crippen LogP) is 3.96. The number of amides is 1. The number of aryl methyl sites for hydroxylation is 1. The fraction of sp³-hybridized carbons (Fsp3) is 0.444. The Kier molecular flexibility index (Phi) is 7.63. The topological polar surface area (TPSA) is 71.4 Å². The summed E-state index contributed by atoms with van der Waals surface area (Å²) in [5, 5.41) is 6.43. The number of nitrogens with zero attached hydrogens (tertiary/aromatic N) is 3.